The van der Waals surface area contributed by atoms with Crippen molar-refractivity contribution in [2.24, 2.45) is 26.7 Å². The summed E-state index contributed by atoms with van der Waals surface area (Å²) in [6.45, 7) is 5.39. The van der Waals surface area contributed by atoms with E-state index in [1.807, 2.05) is 20.8 Å². The van der Waals surface area contributed by atoms with Gasteiger partial charge in [-0.3, -0.25) is 58.0 Å². The van der Waals surface area contributed by atoms with Crippen molar-refractivity contribution in [3.8, 4) is 6.01 Å². The van der Waals surface area contributed by atoms with Crippen LogP contribution >= 0.6 is 0 Å². The van der Waals surface area contributed by atoms with Gasteiger partial charge < -0.3 is 74.1 Å². The first-order valence-electron chi connectivity index (χ1n) is 23.8. The number of aromatic amines is 3. The number of rotatable bonds is 13. The molecule has 1 unspecified atom stereocenters. The van der Waals surface area contributed by atoms with E-state index in [2.05, 4.69) is 52.3 Å². The third-order valence-corrected chi connectivity index (χ3v) is 12.6. The number of nitrogens with zero attached hydrogens (tertiary/aromatic N) is 10. The largest absolute Gasteiger partial charge is 1.00 e. The van der Waals surface area contributed by atoms with Crippen molar-refractivity contribution < 1.29 is 97.8 Å². The fourth-order valence-corrected chi connectivity index (χ4v) is 8.81. The fraction of sp³-hybridized carbons (Fsp3) is 0.644. The van der Waals surface area contributed by atoms with Gasteiger partial charge >= 0.3 is 52.6 Å². The summed E-state index contributed by atoms with van der Waals surface area (Å²) in [5, 5.41) is 57.2. The minimum atomic E-state index is -1.05. The van der Waals surface area contributed by atoms with Crippen LogP contribution in [0.2, 0.25) is 0 Å². The van der Waals surface area contributed by atoms with E-state index in [-0.39, 0.29) is 74.5 Å². The van der Waals surface area contributed by atoms with E-state index < -0.39 is 114 Å². The average molecular weight is 1170 g/mol. The Balaban J connectivity index is 0.000000351. The maximum atomic E-state index is 11.7. The van der Waals surface area contributed by atoms with Crippen molar-refractivity contribution in [3.63, 3.8) is 0 Å². The van der Waals surface area contributed by atoms with Gasteiger partial charge in [-0.25, -0.2) is 24.8 Å². The van der Waals surface area contributed by atoms with Crippen LogP contribution in [0.1, 0.15) is 79.8 Å². The summed E-state index contributed by atoms with van der Waals surface area (Å²) in [5.41, 5.74) is -1.40. The van der Waals surface area contributed by atoms with E-state index in [9.17, 15) is 48.9 Å². The maximum absolute atomic E-state index is 11.7. The third-order valence-electron chi connectivity index (χ3n) is 12.6. The fourth-order valence-electron chi connectivity index (χ4n) is 8.81. The summed E-state index contributed by atoms with van der Waals surface area (Å²) < 4.78 is 54.2. The summed E-state index contributed by atoms with van der Waals surface area (Å²) in [6, 6.07) is 5.32. The SMILES string of the molecule is C.C.CC[C@H]1O[C@@H](n2ccc(=O)[nH]c2=O)[C@H](OC)[C@@H]1O.CC[C@H]1O[C@@H](n2ccc(=O)[nH]c2=O)[C@H](OC)[C@H]1O.CC[C@H]1O[C@@H]2[C@H](OC)C1Oc1nc(=O)ccn12.CO[C@@H]1[C@H](O)[C@@H](CO)O[C@H]1n1ccc(=O)[nH]c1=O.N/N=N/N=N/[N-]O.[Na+]. The van der Waals surface area contributed by atoms with Crippen LogP contribution in [-0.2, 0) is 37.9 Å². The number of ether oxygens (including phenoxy) is 9. The van der Waals surface area contributed by atoms with Gasteiger partial charge in [0.15, 0.2) is 31.0 Å². The second-order valence-electron chi connectivity index (χ2n) is 17.0. The number of methoxy groups -OCH3 is 4. The normalized spacial score (nSPS) is 29.3. The minimum absolute atomic E-state index is 0. The average Bonchev–Trinajstić information content (AvgIpc) is 4.36. The summed E-state index contributed by atoms with van der Waals surface area (Å²) in [4.78, 5) is 89.4. The molecule has 0 radical (unpaired) electrons. The number of aliphatic hydroxyl groups excluding tert-OH is 4. The van der Waals surface area contributed by atoms with Gasteiger partial charge in [-0.05, 0) is 19.3 Å². The molecule has 0 amide bonds. The van der Waals surface area contributed by atoms with Crippen LogP contribution in [0.5, 0.6) is 6.01 Å². The van der Waals surface area contributed by atoms with Crippen LogP contribution in [0.4, 0.5) is 0 Å². The van der Waals surface area contributed by atoms with E-state index in [1.165, 1.54) is 67.3 Å². The molecule has 2 bridgehead atoms. The maximum Gasteiger partial charge on any atom is 1.00 e. The molecule has 10 N–H and O–H groups in total. The molecule has 5 aliphatic rings. The molecule has 81 heavy (non-hydrogen) atoms. The van der Waals surface area contributed by atoms with Crippen molar-refractivity contribution in [1.82, 2.24) is 38.2 Å². The number of hydrogen-bond acceptors (Lipinski definition) is 24. The molecule has 0 aromatic carbocycles. The third kappa shape index (κ3) is 17.0. The molecule has 9 rings (SSSR count). The Labute approximate surface area is 482 Å². The number of nitrogens with two attached hydrogens (primary N) is 1. The van der Waals surface area contributed by atoms with Crippen molar-refractivity contribution in [3.05, 3.63) is 128 Å². The summed E-state index contributed by atoms with van der Waals surface area (Å²) >= 11 is 0. The number of aromatic nitrogens is 8. The summed E-state index contributed by atoms with van der Waals surface area (Å²) in [6.07, 6.45) is -1.74. The molecule has 9 heterocycles. The Bertz CT molecular complexity index is 2800. The molecule has 5 aliphatic heterocycles. The number of aliphatic hydroxyl groups is 4. The van der Waals surface area contributed by atoms with Crippen molar-refractivity contribution in [1.29, 1.82) is 0 Å². The van der Waals surface area contributed by atoms with Gasteiger partial charge in [-0.1, -0.05) is 40.8 Å². The molecule has 4 aromatic rings. The number of nitrogens with one attached hydrogen (secondary N) is 3. The molecule has 35 nitrogen and oxygen atoms in total. The van der Waals surface area contributed by atoms with E-state index in [4.69, 9.17) is 52.9 Å². The predicted octanol–water partition coefficient (Wildman–Crippen LogP) is -4.80. The molecule has 448 valence electrons. The summed E-state index contributed by atoms with van der Waals surface area (Å²) in [7, 11) is 5.88. The van der Waals surface area contributed by atoms with Gasteiger partial charge in [0, 0.05) is 77.5 Å². The topological polar surface area (TPSA) is 473 Å². The number of fused-ring (bicyclic) bond motifs is 4. The van der Waals surface area contributed by atoms with Crippen molar-refractivity contribution in [2.45, 2.75) is 153 Å². The monoisotopic (exact) mass is 1170 g/mol. The van der Waals surface area contributed by atoms with Crippen molar-refractivity contribution >= 4 is 0 Å². The molecule has 4 saturated heterocycles. The van der Waals surface area contributed by atoms with Crippen LogP contribution in [0, 0.1) is 0 Å². The van der Waals surface area contributed by atoms with Gasteiger partial charge in [-0.15, -0.1) is 5.22 Å². The Morgan fingerprint density at radius 2 is 0.938 bits per heavy atom. The quantitative estimate of drug-likeness (QED) is 0.0262. The number of hydrogen-bond donors (Lipinski definition) is 9. The Morgan fingerprint density at radius 1 is 0.580 bits per heavy atom. The Hall–Kier alpha value is -6.00. The van der Waals surface area contributed by atoms with Gasteiger partial charge in [0.05, 0.1) is 24.9 Å². The molecule has 0 saturated carbocycles. The van der Waals surface area contributed by atoms with Crippen LogP contribution in [-0.4, -0.2) is 172 Å². The molecule has 4 fully saturated rings. The number of H-pyrrole nitrogens is 3. The summed E-state index contributed by atoms with van der Waals surface area (Å²) in [5.74, 6) is 4.45. The zero-order valence-corrected chi connectivity index (χ0v) is 46.0. The molecular weight excluding hydrogens is 1100 g/mol. The zero-order chi connectivity index (χ0) is 57.4. The predicted molar refractivity (Wildman–Crippen MR) is 274 cm³/mol. The van der Waals surface area contributed by atoms with Gasteiger partial charge in [-0.2, -0.15) is 4.98 Å². The molecule has 16 atom stereocenters. The first-order chi connectivity index (χ1) is 37.4. The van der Waals surface area contributed by atoms with Crippen LogP contribution in [0.15, 0.2) is 104 Å². The Kier molecular flexibility index (Phi) is 29.7. The van der Waals surface area contributed by atoms with Gasteiger partial charge in [0.2, 0.25) is 0 Å². The Morgan fingerprint density at radius 3 is 1.28 bits per heavy atom. The zero-order valence-electron chi connectivity index (χ0n) is 44.0. The van der Waals surface area contributed by atoms with Crippen LogP contribution in [0.3, 0.4) is 0 Å². The second kappa shape index (κ2) is 33.8. The first-order valence-corrected chi connectivity index (χ1v) is 23.8. The van der Waals surface area contributed by atoms with Crippen LogP contribution in [0.25, 0.3) is 5.59 Å². The minimum Gasteiger partial charge on any atom is -0.455 e. The van der Waals surface area contributed by atoms with Crippen molar-refractivity contribution in [2.75, 3.05) is 35.0 Å². The van der Waals surface area contributed by atoms with Gasteiger partial charge in [0.25, 0.3) is 22.2 Å². The standard InChI is InChI=1S/2C11H16N2O5.C11H14N2O4.C10H14N2O6.2CH4.H3N6O.Na/c2*1-3-6-8(15)9(17-2)10(18-6)13-5-4-7(14)12-11(13)16;1-3-6-8-9(15-2)10(16-6)13-5-4-7(14)12-11(13)17-8;1-17-8-7(15)5(4-13)18-9(8)12-3-2-6(14)11-10(12)16;;;1-2-3-4-5-6-7;/h2*4-6,8-10,15H,3H2,1-2H3,(H,12,14,16);4-6,8-10H,3H2,1-2H3;2-3,5,7-9,13,15H,4H2,1H3,(H,11,14,16);2*1H4;(H3-,1,2,3,4,5,6,7);/q;;;;;;-1;+1/t6-,8+,9-,10-;6-,8-,9-,10-;6-,8?,9-,10-;5-,7-,8-,9-;;;;/m1111..../s1. The second-order valence-corrected chi connectivity index (χ2v) is 17.0. The molecule has 4 aromatic heterocycles. The smallest absolute Gasteiger partial charge is 0.455 e. The molecule has 36 heteroatoms. The van der Waals surface area contributed by atoms with E-state index in [0.717, 1.165) is 17.1 Å². The first kappa shape index (κ1) is 71.1. The van der Waals surface area contributed by atoms with E-state index in [1.54, 1.807) is 17.9 Å². The van der Waals surface area contributed by atoms with E-state index in [0.29, 0.717) is 18.9 Å². The van der Waals surface area contributed by atoms with Crippen LogP contribution < -0.4 is 79.4 Å². The molecular formula is C45H71N14NaO21. The molecule has 0 aliphatic carbocycles. The van der Waals surface area contributed by atoms with E-state index >= 15 is 0 Å². The van der Waals surface area contributed by atoms with Gasteiger partial charge in [0.1, 0.15) is 48.8 Å². The molecule has 0 spiro atoms.